The number of nitriles is 1. The van der Waals surface area contributed by atoms with Crippen molar-refractivity contribution in [1.82, 2.24) is 0 Å². The van der Waals surface area contributed by atoms with Gasteiger partial charge in [-0.05, 0) is 35.9 Å². The first-order valence-corrected chi connectivity index (χ1v) is 7.44. The second-order valence-corrected chi connectivity index (χ2v) is 5.98. The number of benzene rings is 2. The fraction of sp³-hybridized carbons (Fsp3) is 0.0714. The number of anilines is 2. The van der Waals surface area contributed by atoms with Crippen LogP contribution in [0.5, 0.6) is 0 Å². The molecule has 0 fully saturated rings. The predicted molar refractivity (Wildman–Crippen MR) is 77.4 cm³/mol. The Morgan fingerprint density at radius 1 is 1.19 bits per heavy atom. The van der Waals surface area contributed by atoms with Crippen LogP contribution in [-0.4, -0.2) is 8.42 Å². The van der Waals surface area contributed by atoms with Gasteiger partial charge in [0.25, 0.3) is 10.0 Å². The first-order valence-electron chi connectivity index (χ1n) is 5.96. The summed E-state index contributed by atoms with van der Waals surface area (Å²) in [5.41, 5.74) is 6.67. The van der Waals surface area contributed by atoms with E-state index in [0.29, 0.717) is 0 Å². The Labute approximate surface area is 121 Å². The maximum absolute atomic E-state index is 13.6. The average molecular weight is 305 g/mol. The van der Waals surface area contributed by atoms with E-state index in [0.717, 1.165) is 17.7 Å². The van der Waals surface area contributed by atoms with Gasteiger partial charge in [-0.15, -0.1) is 0 Å². The third-order valence-corrected chi connectivity index (χ3v) is 4.13. The van der Waals surface area contributed by atoms with Crippen molar-refractivity contribution in [2.45, 2.75) is 11.3 Å². The molecule has 0 radical (unpaired) electrons. The number of nitrogens with zero attached hydrogens (tertiary/aromatic N) is 1. The van der Waals surface area contributed by atoms with Gasteiger partial charge in [0.15, 0.2) is 0 Å². The molecule has 2 rings (SSSR count). The number of hydrogen-bond donors (Lipinski definition) is 2. The van der Waals surface area contributed by atoms with Crippen molar-refractivity contribution in [2.24, 2.45) is 0 Å². The summed E-state index contributed by atoms with van der Waals surface area (Å²) in [5.74, 6) is -0.877. The Morgan fingerprint density at radius 3 is 2.48 bits per heavy atom. The van der Waals surface area contributed by atoms with Gasteiger partial charge in [0.1, 0.15) is 10.7 Å². The smallest absolute Gasteiger partial charge is 0.264 e. The summed E-state index contributed by atoms with van der Waals surface area (Å²) in [6.07, 6.45) is 0.233. The van der Waals surface area contributed by atoms with Crippen LogP contribution in [0.4, 0.5) is 15.8 Å². The average Bonchev–Trinajstić information content (AvgIpc) is 2.43. The molecule has 0 saturated carbocycles. The van der Waals surface area contributed by atoms with E-state index in [4.69, 9.17) is 11.0 Å². The van der Waals surface area contributed by atoms with Crippen molar-refractivity contribution in [3.63, 3.8) is 0 Å². The van der Waals surface area contributed by atoms with Crippen LogP contribution in [0.25, 0.3) is 0 Å². The standard InChI is InChI=1S/C14H12FN3O2S/c15-13-6-3-11(17)9-14(13)21(19,20)18-12-4-1-10(2-5-12)7-8-16/h1-6,9,18H,7,17H2. The predicted octanol–water partition coefficient (Wildman–Crippen LogP) is 2.27. The Kier molecular flexibility index (Phi) is 4.10. The van der Waals surface area contributed by atoms with Gasteiger partial charge in [0.2, 0.25) is 0 Å². The number of nitrogens with two attached hydrogens (primary N) is 1. The summed E-state index contributed by atoms with van der Waals surface area (Å²) in [6, 6.07) is 11.6. The minimum Gasteiger partial charge on any atom is -0.399 e. The molecule has 0 heterocycles. The van der Waals surface area contributed by atoms with Crippen molar-refractivity contribution in [2.75, 3.05) is 10.5 Å². The maximum Gasteiger partial charge on any atom is 0.264 e. The number of nitrogen functional groups attached to an aromatic ring is 1. The fourth-order valence-corrected chi connectivity index (χ4v) is 2.89. The van der Waals surface area contributed by atoms with Crippen molar-refractivity contribution in [3.05, 3.63) is 53.8 Å². The molecule has 0 amide bonds. The van der Waals surface area contributed by atoms with Crippen molar-refractivity contribution < 1.29 is 12.8 Å². The lowest BCUT2D eigenvalue weighted by molar-refractivity contribution is 0.570. The quantitative estimate of drug-likeness (QED) is 0.847. The molecule has 2 aromatic carbocycles. The highest BCUT2D eigenvalue weighted by molar-refractivity contribution is 7.92. The molecule has 0 aliphatic carbocycles. The van der Waals surface area contributed by atoms with Crippen LogP contribution in [0.3, 0.4) is 0 Å². The third kappa shape index (κ3) is 3.49. The van der Waals surface area contributed by atoms with Crippen LogP contribution in [0.15, 0.2) is 47.4 Å². The zero-order valence-electron chi connectivity index (χ0n) is 10.9. The van der Waals surface area contributed by atoms with E-state index in [1.165, 1.54) is 18.2 Å². The summed E-state index contributed by atoms with van der Waals surface area (Å²) in [6.45, 7) is 0. The van der Waals surface area contributed by atoms with E-state index >= 15 is 0 Å². The zero-order valence-corrected chi connectivity index (χ0v) is 11.7. The number of nitrogens with one attached hydrogen (secondary N) is 1. The zero-order chi connectivity index (χ0) is 15.5. The van der Waals surface area contributed by atoms with Crippen molar-refractivity contribution in [1.29, 1.82) is 5.26 Å². The number of hydrogen-bond acceptors (Lipinski definition) is 4. The highest BCUT2D eigenvalue weighted by Gasteiger charge is 2.19. The Bertz CT molecular complexity index is 796. The maximum atomic E-state index is 13.6. The topological polar surface area (TPSA) is 96.0 Å². The molecule has 0 aliphatic rings. The molecular weight excluding hydrogens is 293 g/mol. The molecule has 0 unspecified atom stereocenters. The Balaban J connectivity index is 2.29. The summed E-state index contributed by atoms with van der Waals surface area (Å²) in [4.78, 5) is -0.511. The van der Waals surface area contributed by atoms with E-state index < -0.39 is 20.7 Å². The SMILES string of the molecule is N#CCc1ccc(NS(=O)(=O)c2cc(N)ccc2F)cc1. The van der Waals surface area contributed by atoms with E-state index in [1.54, 1.807) is 12.1 Å². The van der Waals surface area contributed by atoms with Gasteiger partial charge in [-0.3, -0.25) is 4.72 Å². The van der Waals surface area contributed by atoms with Gasteiger partial charge in [-0.2, -0.15) is 5.26 Å². The second-order valence-electron chi connectivity index (χ2n) is 4.33. The first-order chi connectivity index (χ1) is 9.92. The summed E-state index contributed by atoms with van der Waals surface area (Å²) >= 11 is 0. The molecule has 0 spiro atoms. The van der Waals surface area contributed by atoms with Crippen molar-refractivity contribution in [3.8, 4) is 6.07 Å². The number of rotatable bonds is 4. The van der Waals surface area contributed by atoms with Crippen LogP contribution in [0.1, 0.15) is 5.56 Å². The van der Waals surface area contributed by atoms with Gasteiger partial charge in [-0.1, -0.05) is 12.1 Å². The summed E-state index contributed by atoms with van der Waals surface area (Å²) in [7, 11) is -4.06. The molecular formula is C14H12FN3O2S. The van der Waals surface area contributed by atoms with Crippen molar-refractivity contribution >= 4 is 21.4 Å². The monoisotopic (exact) mass is 305 g/mol. The van der Waals surface area contributed by atoms with Gasteiger partial charge in [0.05, 0.1) is 12.5 Å². The molecule has 7 heteroatoms. The van der Waals surface area contributed by atoms with Crippen LogP contribution in [-0.2, 0) is 16.4 Å². The Hall–Kier alpha value is -2.59. The lowest BCUT2D eigenvalue weighted by Gasteiger charge is -2.09. The third-order valence-electron chi connectivity index (χ3n) is 2.73. The van der Waals surface area contributed by atoms with Crippen LogP contribution < -0.4 is 10.5 Å². The molecule has 0 bridgehead atoms. The van der Waals surface area contributed by atoms with E-state index in [9.17, 15) is 12.8 Å². The van der Waals surface area contributed by atoms with E-state index in [1.807, 2.05) is 6.07 Å². The van der Waals surface area contributed by atoms with Gasteiger partial charge >= 0.3 is 0 Å². The van der Waals surface area contributed by atoms with Gasteiger partial charge < -0.3 is 5.73 Å². The largest absolute Gasteiger partial charge is 0.399 e. The fourth-order valence-electron chi connectivity index (χ4n) is 1.72. The molecule has 3 N–H and O–H groups in total. The normalized spacial score (nSPS) is 10.9. The van der Waals surface area contributed by atoms with E-state index in [2.05, 4.69) is 4.72 Å². The van der Waals surface area contributed by atoms with Gasteiger partial charge in [0, 0.05) is 11.4 Å². The lowest BCUT2D eigenvalue weighted by atomic mass is 10.1. The molecule has 0 aliphatic heterocycles. The van der Waals surface area contributed by atoms with Crippen LogP contribution in [0, 0.1) is 17.1 Å². The summed E-state index contributed by atoms with van der Waals surface area (Å²) in [5, 5.41) is 8.57. The Morgan fingerprint density at radius 2 is 1.86 bits per heavy atom. The van der Waals surface area contributed by atoms with Gasteiger partial charge in [-0.25, -0.2) is 12.8 Å². The molecule has 108 valence electrons. The lowest BCUT2D eigenvalue weighted by Crippen LogP contribution is -2.15. The first kappa shape index (κ1) is 14.8. The van der Waals surface area contributed by atoms with Crippen LogP contribution in [0.2, 0.25) is 0 Å². The highest BCUT2D eigenvalue weighted by atomic mass is 32.2. The molecule has 0 saturated heterocycles. The molecule has 0 atom stereocenters. The summed E-state index contributed by atoms with van der Waals surface area (Å²) < 4.78 is 40.1. The molecule has 21 heavy (non-hydrogen) atoms. The molecule has 2 aromatic rings. The molecule has 5 nitrogen and oxygen atoms in total. The number of sulfonamides is 1. The number of halogens is 1. The van der Waals surface area contributed by atoms with E-state index in [-0.39, 0.29) is 17.8 Å². The highest BCUT2D eigenvalue weighted by Crippen LogP contribution is 2.21. The van der Waals surface area contributed by atoms with Crippen LogP contribution >= 0.6 is 0 Å². The molecule has 0 aromatic heterocycles. The minimum atomic E-state index is -4.06. The minimum absolute atomic E-state index is 0.154. The second kappa shape index (κ2) is 5.81.